The minimum atomic E-state index is -0.949. The van der Waals surface area contributed by atoms with Crippen molar-refractivity contribution in [3.63, 3.8) is 0 Å². The van der Waals surface area contributed by atoms with Gasteiger partial charge in [-0.05, 0) is 59.4 Å². The predicted octanol–water partition coefficient (Wildman–Crippen LogP) is 9.22. The summed E-state index contributed by atoms with van der Waals surface area (Å²) in [4.78, 5) is 11.4. The number of carboxylic acids is 1. The van der Waals surface area contributed by atoms with Crippen LogP contribution >= 0.6 is 34.8 Å². The van der Waals surface area contributed by atoms with Gasteiger partial charge in [-0.25, -0.2) is 4.79 Å². The van der Waals surface area contributed by atoms with Crippen LogP contribution in [-0.2, 0) is 18.4 Å². The van der Waals surface area contributed by atoms with Crippen LogP contribution in [0.2, 0.25) is 15.1 Å². The number of nitrogens with zero attached hydrogens (tertiary/aromatic N) is 1. The van der Waals surface area contributed by atoms with Crippen molar-refractivity contribution in [3.05, 3.63) is 104 Å². The molecule has 0 unspecified atom stereocenters. The summed E-state index contributed by atoms with van der Waals surface area (Å²) in [5, 5.41) is 15.1. The van der Waals surface area contributed by atoms with Gasteiger partial charge < -0.3 is 14.4 Å². The molecule has 38 heavy (non-hydrogen) atoms. The summed E-state index contributed by atoms with van der Waals surface area (Å²) in [6.45, 7) is 8.35. The third-order valence-electron chi connectivity index (χ3n) is 6.47. The second-order valence-electron chi connectivity index (χ2n) is 10.1. The lowest BCUT2D eigenvalue weighted by atomic mass is 9.78. The Hall–Kier alpha value is -2.99. The number of ether oxygens (including phenoxy) is 1. The molecule has 1 aromatic heterocycles. The molecule has 1 heterocycles. The van der Waals surface area contributed by atoms with Crippen LogP contribution in [0.5, 0.6) is 5.75 Å². The molecule has 0 radical (unpaired) electrons. The minimum Gasteiger partial charge on any atom is -0.489 e. The lowest BCUT2D eigenvalue weighted by Crippen LogP contribution is -2.21. The fourth-order valence-corrected chi connectivity index (χ4v) is 5.22. The van der Waals surface area contributed by atoms with Gasteiger partial charge in [-0.2, -0.15) is 0 Å². The standard InChI is InChI=1S/C30H28Cl3NO4/c1-17(2)28-22(27(34-38-28)26-23(31)9-6-10-24(26)32)16-37-21-12-11-19(25(33)14-21)15-30(3,4)20-8-5-7-18(13-20)29(35)36/h5-14,17H,15-16H2,1-4H3,(H,35,36). The minimum absolute atomic E-state index is 0.0731. The molecule has 4 rings (SSSR count). The van der Waals surface area contributed by atoms with E-state index in [1.807, 2.05) is 32.0 Å². The SMILES string of the molecule is CC(C)c1onc(-c2c(Cl)cccc2Cl)c1COc1ccc(CC(C)(C)c2cccc(C(=O)O)c2)c(Cl)c1. The largest absolute Gasteiger partial charge is 0.489 e. The molecule has 4 aromatic rings. The summed E-state index contributed by atoms with van der Waals surface area (Å²) < 4.78 is 11.8. The Morgan fingerprint density at radius 1 is 1.00 bits per heavy atom. The molecule has 0 amide bonds. The predicted molar refractivity (Wildman–Crippen MR) is 152 cm³/mol. The van der Waals surface area contributed by atoms with Gasteiger partial charge in [-0.15, -0.1) is 0 Å². The Morgan fingerprint density at radius 2 is 1.68 bits per heavy atom. The maximum atomic E-state index is 11.4. The average Bonchev–Trinajstić information content (AvgIpc) is 3.28. The first-order valence-corrected chi connectivity index (χ1v) is 13.3. The van der Waals surface area contributed by atoms with Gasteiger partial charge in [0.1, 0.15) is 23.8 Å². The first-order chi connectivity index (χ1) is 18.0. The van der Waals surface area contributed by atoms with Gasteiger partial charge in [-0.1, -0.05) is 91.9 Å². The van der Waals surface area contributed by atoms with E-state index < -0.39 is 5.97 Å². The highest BCUT2D eigenvalue weighted by Gasteiger charge is 2.25. The summed E-state index contributed by atoms with van der Waals surface area (Å²) in [6.07, 6.45) is 0.619. The summed E-state index contributed by atoms with van der Waals surface area (Å²) >= 11 is 19.6. The zero-order chi connectivity index (χ0) is 27.6. The van der Waals surface area contributed by atoms with Crippen LogP contribution in [0.25, 0.3) is 11.3 Å². The molecule has 0 saturated heterocycles. The Morgan fingerprint density at radius 3 is 2.32 bits per heavy atom. The van der Waals surface area contributed by atoms with E-state index in [9.17, 15) is 9.90 Å². The number of rotatable bonds is 9. The quantitative estimate of drug-likeness (QED) is 0.216. The molecular weight excluding hydrogens is 545 g/mol. The Labute approximate surface area is 237 Å². The van der Waals surface area contributed by atoms with E-state index in [-0.39, 0.29) is 23.5 Å². The van der Waals surface area contributed by atoms with Crippen molar-refractivity contribution in [1.82, 2.24) is 5.16 Å². The van der Waals surface area contributed by atoms with Crippen LogP contribution < -0.4 is 4.74 Å². The van der Waals surface area contributed by atoms with Gasteiger partial charge in [0.25, 0.3) is 0 Å². The van der Waals surface area contributed by atoms with Gasteiger partial charge in [0.2, 0.25) is 0 Å². The third kappa shape index (κ3) is 6.01. The maximum Gasteiger partial charge on any atom is 0.335 e. The van der Waals surface area contributed by atoms with Crippen LogP contribution in [0.3, 0.4) is 0 Å². The van der Waals surface area contributed by atoms with E-state index in [2.05, 4.69) is 19.0 Å². The highest BCUT2D eigenvalue weighted by atomic mass is 35.5. The Balaban J connectivity index is 1.56. The molecular formula is C30H28Cl3NO4. The maximum absolute atomic E-state index is 11.4. The second-order valence-corrected chi connectivity index (χ2v) is 11.3. The van der Waals surface area contributed by atoms with E-state index in [1.54, 1.807) is 42.5 Å². The van der Waals surface area contributed by atoms with Crippen molar-refractivity contribution in [2.45, 2.75) is 52.1 Å². The van der Waals surface area contributed by atoms with Crippen LogP contribution in [0.1, 0.15) is 66.4 Å². The second kappa shape index (κ2) is 11.4. The van der Waals surface area contributed by atoms with Crippen LogP contribution in [0.4, 0.5) is 0 Å². The van der Waals surface area contributed by atoms with Gasteiger partial charge >= 0.3 is 5.97 Å². The first-order valence-electron chi connectivity index (χ1n) is 12.2. The number of benzene rings is 3. The number of carbonyl (C=O) groups is 1. The van der Waals surface area contributed by atoms with E-state index in [0.717, 1.165) is 16.7 Å². The van der Waals surface area contributed by atoms with Crippen LogP contribution in [0, 0.1) is 0 Å². The lowest BCUT2D eigenvalue weighted by molar-refractivity contribution is 0.0696. The number of hydrogen-bond donors (Lipinski definition) is 1. The molecule has 0 bridgehead atoms. The highest BCUT2D eigenvalue weighted by molar-refractivity contribution is 6.39. The first kappa shape index (κ1) is 28.0. The number of hydrogen-bond acceptors (Lipinski definition) is 4. The molecule has 0 atom stereocenters. The van der Waals surface area contributed by atoms with E-state index in [0.29, 0.717) is 44.3 Å². The molecule has 0 aliphatic rings. The summed E-state index contributed by atoms with van der Waals surface area (Å²) in [5.74, 6) is 0.417. The number of aromatic nitrogens is 1. The van der Waals surface area contributed by atoms with Crippen molar-refractivity contribution in [3.8, 4) is 17.0 Å². The Bertz CT molecular complexity index is 1460. The zero-order valence-electron chi connectivity index (χ0n) is 21.5. The third-order valence-corrected chi connectivity index (χ3v) is 7.46. The van der Waals surface area contributed by atoms with E-state index >= 15 is 0 Å². The van der Waals surface area contributed by atoms with Gasteiger partial charge in [-0.3, -0.25) is 0 Å². The van der Waals surface area contributed by atoms with E-state index in [4.69, 9.17) is 44.1 Å². The van der Waals surface area contributed by atoms with Gasteiger partial charge in [0, 0.05) is 16.5 Å². The molecule has 5 nitrogen and oxygen atoms in total. The topological polar surface area (TPSA) is 72.6 Å². The van der Waals surface area contributed by atoms with Gasteiger partial charge in [0.15, 0.2) is 0 Å². The summed E-state index contributed by atoms with van der Waals surface area (Å²) in [7, 11) is 0. The summed E-state index contributed by atoms with van der Waals surface area (Å²) in [5.41, 5.74) is 3.71. The number of carboxylic acid groups (broad SMARTS) is 1. The zero-order valence-corrected chi connectivity index (χ0v) is 23.8. The molecule has 0 aliphatic heterocycles. The Kier molecular flexibility index (Phi) is 8.41. The van der Waals surface area contributed by atoms with E-state index in [1.165, 1.54) is 0 Å². The smallest absolute Gasteiger partial charge is 0.335 e. The number of aromatic carboxylic acids is 1. The van der Waals surface area contributed by atoms with Gasteiger partial charge in [0.05, 0.1) is 21.2 Å². The molecule has 8 heteroatoms. The highest BCUT2D eigenvalue weighted by Crippen LogP contribution is 2.39. The normalized spacial score (nSPS) is 11.7. The molecule has 3 aromatic carbocycles. The molecule has 0 aliphatic carbocycles. The van der Waals surface area contributed by atoms with Crippen LogP contribution in [0.15, 0.2) is 65.2 Å². The fraction of sp³-hybridized carbons (Fsp3) is 0.267. The van der Waals surface area contributed by atoms with Crippen molar-refractivity contribution in [2.24, 2.45) is 0 Å². The van der Waals surface area contributed by atoms with Crippen molar-refractivity contribution < 1.29 is 19.2 Å². The molecule has 0 fully saturated rings. The van der Waals surface area contributed by atoms with Crippen LogP contribution in [-0.4, -0.2) is 16.2 Å². The summed E-state index contributed by atoms with van der Waals surface area (Å²) in [6, 6.07) is 17.9. The van der Waals surface area contributed by atoms with Crippen molar-refractivity contribution in [2.75, 3.05) is 0 Å². The molecule has 0 spiro atoms. The molecule has 0 saturated carbocycles. The fourth-order valence-electron chi connectivity index (χ4n) is 4.40. The van der Waals surface area contributed by atoms with Crippen molar-refractivity contribution >= 4 is 40.8 Å². The molecule has 198 valence electrons. The average molecular weight is 573 g/mol. The lowest BCUT2D eigenvalue weighted by Gasteiger charge is -2.26. The molecule has 1 N–H and O–H groups in total. The van der Waals surface area contributed by atoms with Crippen molar-refractivity contribution in [1.29, 1.82) is 0 Å². The monoisotopic (exact) mass is 571 g/mol. The number of halogens is 3.